The van der Waals surface area contributed by atoms with Crippen LogP contribution in [0.15, 0.2) is 4.79 Å². The molecule has 17 heavy (non-hydrogen) atoms. The fourth-order valence-electron chi connectivity index (χ4n) is 1.83. The van der Waals surface area contributed by atoms with Gasteiger partial charge in [0.25, 0.3) is 5.56 Å². The molecular weight excluding hydrogens is 216 g/mol. The average molecular weight is 238 g/mol. The van der Waals surface area contributed by atoms with Crippen molar-refractivity contribution >= 4 is 0 Å². The van der Waals surface area contributed by atoms with Crippen LogP contribution in [0.2, 0.25) is 0 Å². The lowest BCUT2D eigenvalue weighted by Gasteiger charge is -2.27. The molecule has 0 fully saturated rings. The molecule has 1 atom stereocenters. The van der Waals surface area contributed by atoms with Crippen LogP contribution in [-0.2, 0) is 16.8 Å². The minimum atomic E-state index is -0.508. The largest absolute Gasteiger partial charge is 0.368 e. The van der Waals surface area contributed by atoms with E-state index >= 15 is 0 Å². The third-order valence-corrected chi connectivity index (χ3v) is 3.23. The lowest BCUT2D eigenvalue weighted by Crippen LogP contribution is -2.32. The van der Waals surface area contributed by atoms with Crippen molar-refractivity contribution < 1.29 is 4.74 Å². The molecule has 1 unspecified atom stereocenters. The van der Waals surface area contributed by atoms with Crippen LogP contribution in [0.4, 0.5) is 0 Å². The maximum Gasteiger partial charge on any atom is 0.254 e. The predicted molar refractivity (Wildman–Crippen MR) is 68.2 cm³/mol. The van der Waals surface area contributed by atoms with Crippen molar-refractivity contribution in [2.24, 2.45) is 0 Å². The van der Waals surface area contributed by atoms with E-state index in [4.69, 9.17) is 4.74 Å². The Labute approximate surface area is 102 Å². The van der Waals surface area contributed by atoms with Crippen molar-refractivity contribution in [1.82, 2.24) is 9.97 Å². The molecule has 0 aliphatic carbocycles. The zero-order valence-corrected chi connectivity index (χ0v) is 11.4. The van der Waals surface area contributed by atoms with Crippen LogP contribution in [0.3, 0.4) is 0 Å². The Morgan fingerprint density at radius 3 is 2.47 bits per heavy atom. The van der Waals surface area contributed by atoms with Crippen LogP contribution >= 0.6 is 0 Å². The van der Waals surface area contributed by atoms with Crippen molar-refractivity contribution in [2.75, 3.05) is 6.61 Å². The highest BCUT2D eigenvalue weighted by Gasteiger charge is 2.28. The zero-order valence-electron chi connectivity index (χ0n) is 11.4. The van der Waals surface area contributed by atoms with Gasteiger partial charge in [0.1, 0.15) is 11.4 Å². The predicted octanol–water partition coefficient (Wildman–Crippen LogP) is 2.30. The normalized spacial score (nSPS) is 14.6. The first-order valence-corrected chi connectivity index (χ1v) is 6.22. The number of nitrogens with one attached hydrogen (secondary N) is 1. The van der Waals surface area contributed by atoms with Crippen LogP contribution in [0.5, 0.6) is 0 Å². The van der Waals surface area contributed by atoms with E-state index in [1.54, 1.807) is 6.92 Å². The molecule has 0 aliphatic heterocycles. The minimum absolute atomic E-state index is 0.0637. The highest BCUT2D eigenvalue weighted by molar-refractivity contribution is 5.18. The molecule has 96 valence electrons. The minimum Gasteiger partial charge on any atom is -0.368 e. The van der Waals surface area contributed by atoms with E-state index in [2.05, 4.69) is 9.97 Å². The van der Waals surface area contributed by atoms with E-state index in [0.29, 0.717) is 18.0 Å². The fourth-order valence-corrected chi connectivity index (χ4v) is 1.83. The molecule has 0 bridgehead atoms. The van der Waals surface area contributed by atoms with Crippen LogP contribution in [-0.4, -0.2) is 16.6 Å². The molecule has 1 N–H and O–H groups in total. The Kier molecular flexibility index (Phi) is 4.46. The molecular formula is C13H22N2O2. The van der Waals surface area contributed by atoms with Gasteiger partial charge in [0.2, 0.25) is 0 Å². The summed E-state index contributed by atoms with van der Waals surface area (Å²) in [6, 6.07) is 0. The molecule has 0 radical (unpaired) electrons. The van der Waals surface area contributed by atoms with Gasteiger partial charge in [-0.3, -0.25) is 4.79 Å². The molecule has 0 saturated carbocycles. The second kappa shape index (κ2) is 5.45. The van der Waals surface area contributed by atoms with Gasteiger partial charge in [-0.05, 0) is 33.6 Å². The van der Waals surface area contributed by atoms with Gasteiger partial charge >= 0.3 is 0 Å². The van der Waals surface area contributed by atoms with Gasteiger partial charge in [0, 0.05) is 12.2 Å². The van der Waals surface area contributed by atoms with Gasteiger partial charge < -0.3 is 9.72 Å². The number of hydrogen-bond donors (Lipinski definition) is 1. The number of nitrogens with zero attached hydrogens (tertiary/aromatic N) is 1. The Morgan fingerprint density at radius 2 is 2.00 bits per heavy atom. The van der Waals surface area contributed by atoms with E-state index in [1.807, 2.05) is 27.7 Å². The van der Waals surface area contributed by atoms with Crippen molar-refractivity contribution in [3.8, 4) is 0 Å². The molecule has 1 rings (SSSR count). The third kappa shape index (κ3) is 2.75. The number of ether oxygens (including phenoxy) is 1. The SMILES string of the molecule is CCOC(C)(CC)c1nc(CC)c(C)c(=O)[nH]1. The Bertz CT molecular complexity index is 440. The molecule has 1 aromatic heterocycles. The van der Waals surface area contributed by atoms with Crippen molar-refractivity contribution in [2.45, 2.75) is 53.1 Å². The summed E-state index contributed by atoms with van der Waals surface area (Å²) in [4.78, 5) is 19.2. The Balaban J connectivity index is 3.31. The van der Waals surface area contributed by atoms with Gasteiger partial charge in [0.05, 0.1) is 5.69 Å². The van der Waals surface area contributed by atoms with E-state index in [1.165, 1.54) is 0 Å². The van der Waals surface area contributed by atoms with Gasteiger partial charge in [-0.15, -0.1) is 0 Å². The molecule has 0 spiro atoms. The number of hydrogen-bond acceptors (Lipinski definition) is 3. The number of H-pyrrole nitrogens is 1. The van der Waals surface area contributed by atoms with Gasteiger partial charge in [-0.2, -0.15) is 0 Å². The Morgan fingerprint density at radius 1 is 1.35 bits per heavy atom. The van der Waals surface area contributed by atoms with Gasteiger partial charge in [-0.25, -0.2) is 4.98 Å². The smallest absolute Gasteiger partial charge is 0.254 e. The third-order valence-electron chi connectivity index (χ3n) is 3.23. The van der Waals surface area contributed by atoms with Crippen LogP contribution < -0.4 is 5.56 Å². The van der Waals surface area contributed by atoms with E-state index in [0.717, 1.165) is 18.5 Å². The summed E-state index contributed by atoms with van der Waals surface area (Å²) >= 11 is 0. The molecule has 0 saturated heterocycles. The summed E-state index contributed by atoms with van der Waals surface area (Å²) < 4.78 is 5.73. The maximum absolute atomic E-state index is 11.8. The van der Waals surface area contributed by atoms with E-state index in [9.17, 15) is 4.79 Å². The summed E-state index contributed by atoms with van der Waals surface area (Å²) in [6.45, 7) is 10.3. The van der Waals surface area contributed by atoms with E-state index in [-0.39, 0.29) is 5.56 Å². The highest BCUT2D eigenvalue weighted by atomic mass is 16.5. The fraction of sp³-hybridized carbons (Fsp3) is 0.692. The lowest BCUT2D eigenvalue weighted by atomic mass is 10.0. The number of aromatic amines is 1. The Hall–Kier alpha value is -1.16. The highest BCUT2D eigenvalue weighted by Crippen LogP contribution is 2.25. The van der Waals surface area contributed by atoms with Crippen LogP contribution in [0.1, 0.15) is 51.2 Å². The zero-order chi connectivity index (χ0) is 13.1. The van der Waals surface area contributed by atoms with Crippen LogP contribution in [0.25, 0.3) is 0 Å². The van der Waals surface area contributed by atoms with Crippen molar-refractivity contribution in [3.05, 3.63) is 27.4 Å². The first-order valence-electron chi connectivity index (χ1n) is 6.22. The summed E-state index contributed by atoms with van der Waals surface area (Å²) in [5, 5.41) is 0. The number of aryl methyl sites for hydroxylation is 1. The second-order valence-corrected chi connectivity index (χ2v) is 4.36. The quantitative estimate of drug-likeness (QED) is 0.856. The van der Waals surface area contributed by atoms with Crippen molar-refractivity contribution in [3.63, 3.8) is 0 Å². The van der Waals surface area contributed by atoms with Crippen LogP contribution in [0, 0.1) is 6.92 Å². The summed E-state index contributed by atoms with van der Waals surface area (Å²) in [6.07, 6.45) is 1.53. The monoisotopic (exact) mass is 238 g/mol. The summed E-state index contributed by atoms with van der Waals surface area (Å²) in [5.41, 5.74) is 0.978. The number of rotatable bonds is 5. The molecule has 0 aromatic carbocycles. The number of aromatic nitrogens is 2. The standard InChI is InChI=1S/C13H22N2O2/c1-6-10-9(4)11(16)15-12(14-10)13(5,7-2)17-8-3/h6-8H2,1-5H3,(H,14,15,16). The molecule has 1 heterocycles. The average Bonchev–Trinajstić information content (AvgIpc) is 2.32. The summed E-state index contributed by atoms with van der Waals surface area (Å²) in [5.74, 6) is 0.634. The maximum atomic E-state index is 11.8. The van der Waals surface area contributed by atoms with Crippen molar-refractivity contribution in [1.29, 1.82) is 0 Å². The summed E-state index contributed by atoms with van der Waals surface area (Å²) in [7, 11) is 0. The lowest BCUT2D eigenvalue weighted by molar-refractivity contribution is -0.0393. The first kappa shape index (κ1) is 13.9. The molecule has 1 aromatic rings. The first-order chi connectivity index (χ1) is 7.98. The molecule has 4 nitrogen and oxygen atoms in total. The molecule has 0 aliphatic rings. The molecule has 0 amide bonds. The molecule has 4 heteroatoms. The van der Waals surface area contributed by atoms with Gasteiger partial charge in [0.15, 0.2) is 0 Å². The van der Waals surface area contributed by atoms with E-state index < -0.39 is 5.60 Å². The topological polar surface area (TPSA) is 55.0 Å². The second-order valence-electron chi connectivity index (χ2n) is 4.36. The van der Waals surface area contributed by atoms with Gasteiger partial charge in [-0.1, -0.05) is 13.8 Å².